The zero-order valence-corrected chi connectivity index (χ0v) is 32.8. The van der Waals surface area contributed by atoms with Gasteiger partial charge in [0, 0.05) is 54.9 Å². The molecular weight excluding hydrogens is 701 g/mol. The fraction of sp³-hybridized carbons (Fsp3) is 0.488. The molecule has 3 aromatic carbocycles. The molecule has 0 heterocycles. The SMILES string of the molecule is CNC(=O)c1ccc(OCCOC)c(F)c1-c1cc(C(CN(C(=O)OC(C)(C)C)C2CCC(NC(=O)OC(C)(C)C)CC2)c2ccccc2)ccc1Cl. The van der Waals surface area contributed by atoms with Crippen molar-refractivity contribution in [1.82, 2.24) is 15.5 Å². The maximum atomic E-state index is 16.4. The number of benzene rings is 3. The topological polar surface area (TPSA) is 115 Å². The maximum absolute atomic E-state index is 16.4. The van der Waals surface area contributed by atoms with Crippen LogP contribution in [0.15, 0.2) is 60.7 Å². The maximum Gasteiger partial charge on any atom is 0.410 e. The number of nitrogens with zero attached hydrogens (tertiary/aromatic N) is 1. The molecule has 1 saturated carbocycles. The van der Waals surface area contributed by atoms with E-state index in [0.717, 1.165) is 11.1 Å². The van der Waals surface area contributed by atoms with Gasteiger partial charge >= 0.3 is 12.2 Å². The molecule has 1 atom stereocenters. The lowest BCUT2D eigenvalue weighted by atomic mass is 9.86. The highest BCUT2D eigenvalue weighted by Gasteiger charge is 2.35. The summed E-state index contributed by atoms with van der Waals surface area (Å²) < 4.78 is 38.5. The van der Waals surface area contributed by atoms with Crippen LogP contribution >= 0.6 is 11.6 Å². The summed E-state index contributed by atoms with van der Waals surface area (Å²) in [6.45, 7) is 11.5. The van der Waals surface area contributed by atoms with E-state index < -0.39 is 41.0 Å². The molecule has 0 aromatic heterocycles. The molecule has 10 nitrogen and oxygen atoms in total. The number of halogens is 2. The van der Waals surface area contributed by atoms with Crippen LogP contribution in [0.3, 0.4) is 0 Å². The van der Waals surface area contributed by atoms with Gasteiger partial charge in [0.1, 0.15) is 17.8 Å². The molecule has 1 aliphatic rings. The van der Waals surface area contributed by atoms with Crippen molar-refractivity contribution in [2.75, 3.05) is 33.9 Å². The van der Waals surface area contributed by atoms with Crippen LogP contribution in [0.5, 0.6) is 5.75 Å². The van der Waals surface area contributed by atoms with Crippen LogP contribution in [0.25, 0.3) is 11.1 Å². The van der Waals surface area contributed by atoms with Crippen molar-refractivity contribution < 1.29 is 37.7 Å². The highest BCUT2D eigenvalue weighted by molar-refractivity contribution is 6.33. The summed E-state index contributed by atoms with van der Waals surface area (Å²) in [6.07, 6.45) is 1.64. The Morgan fingerprint density at radius 3 is 2.15 bits per heavy atom. The summed E-state index contributed by atoms with van der Waals surface area (Å²) in [7, 11) is 3.00. The third-order valence-corrected chi connectivity index (χ3v) is 9.18. The van der Waals surface area contributed by atoms with Crippen molar-refractivity contribution in [3.05, 3.63) is 88.2 Å². The average Bonchev–Trinajstić information content (AvgIpc) is 3.09. The number of rotatable bonds is 12. The third-order valence-electron chi connectivity index (χ3n) is 8.85. The Kier molecular flexibility index (Phi) is 14.2. The molecule has 3 amide bonds. The monoisotopic (exact) mass is 753 g/mol. The van der Waals surface area contributed by atoms with Crippen molar-refractivity contribution in [2.24, 2.45) is 0 Å². The quantitative estimate of drug-likeness (QED) is 0.178. The Morgan fingerprint density at radius 2 is 1.55 bits per heavy atom. The fourth-order valence-electron chi connectivity index (χ4n) is 6.43. The third kappa shape index (κ3) is 11.6. The number of hydrogen-bond donors (Lipinski definition) is 2. The Balaban J connectivity index is 1.75. The second-order valence-electron chi connectivity index (χ2n) is 15.2. The van der Waals surface area contributed by atoms with Crippen molar-refractivity contribution in [1.29, 1.82) is 0 Å². The van der Waals surface area contributed by atoms with Gasteiger partial charge in [-0.1, -0.05) is 48.0 Å². The van der Waals surface area contributed by atoms with Gasteiger partial charge in [-0.25, -0.2) is 14.0 Å². The largest absolute Gasteiger partial charge is 0.488 e. The van der Waals surface area contributed by atoms with Gasteiger partial charge in [0.05, 0.1) is 12.2 Å². The van der Waals surface area contributed by atoms with Crippen LogP contribution < -0.4 is 15.4 Å². The summed E-state index contributed by atoms with van der Waals surface area (Å²) in [5, 5.41) is 5.81. The zero-order chi connectivity index (χ0) is 38.9. The summed E-state index contributed by atoms with van der Waals surface area (Å²) in [6, 6.07) is 17.7. The van der Waals surface area contributed by atoms with Crippen molar-refractivity contribution >= 4 is 29.7 Å². The van der Waals surface area contributed by atoms with Crippen molar-refractivity contribution in [3.63, 3.8) is 0 Å². The van der Waals surface area contributed by atoms with E-state index in [1.165, 1.54) is 26.3 Å². The molecule has 1 fully saturated rings. The van der Waals surface area contributed by atoms with Crippen LogP contribution in [0.1, 0.15) is 94.6 Å². The van der Waals surface area contributed by atoms with Crippen molar-refractivity contribution in [2.45, 2.75) is 96.4 Å². The Bertz CT molecular complexity index is 1720. The van der Waals surface area contributed by atoms with Crippen LogP contribution in [-0.2, 0) is 14.2 Å². The van der Waals surface area contributed by atoms with E-state index >= 15 is 4.39 Å². The summed E-state index contributed by atoms with van der Waals surface area (Å²) >= 11 is 6.81. The zero-order valence-electron chi connectivity index (χ0n) is 32.0. The lowest BCUT2D eigenvalue weighted by molar-refractivity contribution is 0.00940. The first kappa shape index (κ1) is 41.4. The first-order valence-electron chi connectivity index (χ1n) is 18.0. The van der Waals surface area contributed by atoms with E-state index in [1.807, 2.05) is 77.9 Å². The van der Waals surface area contributed by atoms with Gasteiger partial charge in [0.15, 0.2) is 11.6 Å². The van der Waals surface area contributed by atoms with Crippen LogP contribution in [0.4, 0.5) is 14.0 Å². The smallest absolute Gasteiger partial charge is 0.410 e. The van der Waals surface area contributed by atoms with Gasteiger partial charge in [-0.2, -0.15) is 0 Å². The molecule has 1 aliphatic carbocycles. The number of carbonyl (C=O) groups excluding carboxylic acids is 3. The molecular formula is C41H53ClFN3O7. The molecule has 4 rings (SSSR count). The highest BCUT2D eigenvalue weighted by atomic mass is 35.5. The van der Waals surface area contributed by atoms with Gasteiger partial charge in [-0.05, 0) is 103 Å². The normalized spacial score (nSPS) is 16.6. The number of methoxy groups -OCH3 is 1. The van der Waals surface area contributed by atoms with E-state index in [4.69, 9.17) is 30.5 Å². The number of amides is 3. The fourth-order valence-corrected chi connectivity index (χ4v) is 6.64. The Labute approximate surface area is 317 Å². The second-order valence-corrected chi connectivity index (χ2v) is 15.6. The molecule has 0 bridgehead atoms. The first-order valence-corrected chi connectivity index (χ1v) is 18.4. The molecule has 3 aromatic rings. The molecule has 2 N–H and O–H groups in total. The number of hydrogen-bond acceptors (Lipinski definition) is 7. The molecule has 53 heavy (non-hydrogen) atoms. The van der Waals surface area contributed by atoms with E-state index in [0.29, 0.717) is 31.2 Å². The first-order chi connectivity index (χ1) is 25.0. The minimum Gasteiger partial charge on any atom is -0.488 e. The van der Waals surface area contributed by atoms with Crippen molar-refractivity contribution in [3.8, 4) is 16.9 Å². The van der Waals surface area contributed by atoms with E-state index in [1.54, 1.807) is 17.0 Å². The van der Waals surface area contributed by atoms with Crippen LogP contribution in [0, 0.1) is 5.82 Å². The molecule has 0 radical (unpaired) electrons. The van der Waals surface area contributed by atoms with Gasteiger partial charge in [-0.15, -0.1) is 0 Å². The predicted octanol–water partition coefficient (Wildman–Crippen LogP) is 8.74. The molecule has 0 spiro atoms. The number of alkyl carbamates (subject to hydrolysis) is 1. The lowest BCUT2D eigenvalue weighted by Crippen LogP contribution is -2.49. The second kappa shape index (κ2) is 18.1. The van der Waals surface area contributed by atoms with Gasteiger partial charge < -0.3 is 34.5 Å². The average molecular weight is 754 g/mol. The lowest BCUT2D eigenvalue weighted by Gasteiger charge is -2.39. The predicted molar refractivity (Wildman–Crippen MR) is 204 cm³/mol. The minimum atomic E-state index is -0.745. The van der Waals surface area contributed by atoms with Crippen LogP contribution in [-0.4, -0.2) is 80.2 Å². The van der Waals surface area contributed by atoms with Gasteiger partial charge in [0.25, 0.3) is 5.91 Å². The number of ether oxygens (including phenoxy) is 4. The summed E-state index contributed by atoms with van der Waals surface area (Å²) in [5.41, 5.74) is 0.694. The summed E-state index contributed by atoms with van der Waals surface area (Å²) in [5.74, 6) is -1.66. The summed E-state index contributed by atoms with van der Waals surface area (Å²) in [4.78, 5) is 41.4. The molecule has 1 unspecified atom stereocenters. The van der Waals surface area contributed by atoms with Crippen LogP contribution in [0.2, 0.25) is 5.02 Å². The number of nitrogens with one attached hydrogen (secondary N) is 2. The Hall–Kier alpha value is -4.35. The minimum absolute atomic E-state index is 0.00210. The Morgan fingerprint density at radius 1 is 0.887 bits per heavy atom. The standard InChI is InChI=1S/C41H53ClFN3O7/c1-40(2,3)52-38(48)45-28-15-17-29(18-16-28)46(39(49)53-41(4,5)6)25-32(26-12-10-9-11-13-26)27-14-20-33(42)31(24-27)35-30(37(47)44-7)19-21-34(36(35)43)51-23-22-50-8/h9-14,19-21,24,28-29,32H,15-18,22-23,25H2,1-8H3,(H,44,47)(H,45,48). The molecule has 12 heteroatoms. The molecule has 0 aliphatic heterocycles. The number of carbonyl (C=O) groups is 3. The molecule has 0 saturated heterocycles. The van der Waals surface area contributed by atoms with E-state index in [-0.39, 0.29) is 53.7 Å². The van der Waals surface area contributed by atoms with E-state index in [9.17, 15) is 14.4 Å². The highest BCUT2D eigenvalue weighted by Crippen LogP contribution is 2.40. The van der Waals surface area contributed by atoms with E-state index in [2.05, 4.69) is 10.6 Å². The van der Waals surface area contributed by atoms with Gasteiger partial charge in [-0.3, -0.25) is 4.79 Å². The molecule has 288 valence electrons. The van der Waals surface area contributed by atoms with Gasteiger partial charge in [0.2, 0.25) is 0 Å².